The van der Waals surface area contributed by atoms with Crippen molar-refractivity contribution < 1.29 is 23.1 Å². The lowest BCUT2D eigenvalue weighted by molar-refractivity contribution is -0.139. The number of piperidine rings is 1. The minimum Gasteiger partial charge on any atom is -0.479 e. The number of carbonyl (C=O) groups excluding carboxylic acids is 1. The van der Waals surface area contributed by atoms with Crippen molar-refractivity contribution in [2.75, 3.05) is 19.3 Å². The first-order valence-electron chi connectivity index (χ1n) is 7.57. The van der Waals surface area contributed by atoms with Gasteiger partial charge in [-0.05, 0) is 18.4 Å². The van der Waals surface area contributed by atoms with Crippen molar-refractivity contribution in [2.24, 2.45) is 0 Å². The molecule has 2 amide bonds. The maximum absolute atomic E-state index is 12.3. The number of carboxylic acids is 1. The summed E-state index contributed by atoms with van der Waals surface area (Å²) in [6, 6.07) is 6.68. The molecule has 0 saturated carbocycles. The third-order valence-corrected chi connectivity index (χ3v) is 4.57. The molecule has 1 atom stereocenters. The zero-order valence-electron chi connectivity index (χ0n) is 13.3. The van der Waals surface area contributed by atoms with Gasteiger partial charge in [0.1, 0.15) is 0 Å². The molecule has 0 aromatic heterocycles. The van der Waals surface area contributed by atoms with Gasteiger partial charge in [0.15, 0.2) is 6.04 Å². The van der Waals surface area contributed by atoms with Gasteiger partial charge in [-0.3, -0.25) is 0 Å². The van der Waals surface area contributed by atoms with E-state index in [2.05, 4.69) is 10.0 Å². The number of nitrogens with one attached hydrogen (secondary N) is 2. The first-order valence-corrected chi connectivity index (χ1v) is 9.46. The summed E-state index contributed by atoms with van der Waals surface area (Å²) in [5, 5.41) is 11.8. The molecule has 0 radical (unpaired) electrons. The Morgan fingerprint density at radius 3 is 2.29 bits per heavy atom. The second kappa shape index (κ2) is 7.63. The van der Waals surface area contributed by atoms with Gasteiger partial charge in [-0.2, -0.15) is 0 Å². The van der Waals surface area contributed by atoms with Gasteiger partial charge < -0.3 is 15.3 Å². The molecule has 1 heterocycles. The average Bonchev–Trinajstić information content (AvgIpc) is 2.52. The van der Waals surface area contributed by atoms with E-state index in [4.69, 9.17) is 0 Å². The molecule has 0 spiro atoms. The molecule has 8 nitrogen and oxygen atoms in total. The maximum atomic E-state index is 12.3. The highest BCUT2D eigenvalue weighted by Crippen LogP contribution is 2.15. The number of benzene rings is 1. The lowest BCUT2D eigenvalue weighted by atomic mass is 10.1. The third-order valence-electron chi connectivity index (χ3n) is 3.81. The van der Waals surface area contributed by atoms with Crippen molar-refractivity contribution in [3.63, 3.8) is 0 Å². The predicted octanol–water partition coefficient (Wildman–Crippen LogP) is 0.536. The Hall–Kier alpha value is -2.13. The number of nitrogens with zero attached hydrogens (tertiary/aromatic N) is 1. The zero-order valence-corrected chi connectivity index (χ0v) is 14.1. The fraction of sp³-hybridized carbons (Fsp3) is 0.467. The Morgan fingerprint density at radius 1 is 1.21 bits per heavy atom. The number of urea groups is 1. The molecule has 3 N–H and O–H groups in total. The molecule has 1 aromatic rings. The molecule has 1 fully saturated rings. The monoisotopic (exact) mass is 355 g/mol. The van der Waals surface area contributed by atoms with E-state index in [1.54, 1.807) is 30.3 Å². The lowest BCUT2D eigenvalue weighted by Gasteiger charge is -2.32. The van der Waals surface area contributed by atoms with Crippen LogP contribution in [0.25, 0.3) is 0 Å². The number of aliphatic carboxylic acids is 1. The summed E-state index contributed by atoms with van der Waals surface area (Å²) < 4.78 is 25.0. The Bertz CT molecular complexity index is 684. The first kappa shape index (κ1) is 18.2. The van der Waals surface area contributed by atoms with Crippen LogP contribution >= 0.6 is 0 Å². The van der Waals surface area contributed by atoms with Crippen molar-refractivity contribution in [1.82, 2.24) is 14.9 Å². The van der Waals surface area contributed by atoms with Gasteiger partial charge in [0, 0.05) is 19.1 Å². The summed E-state index contributed by atoms with van der Waals surface area (Å²) in [7, 11) is -3.27. The molecule has 1 aromatic carbocycles. The van der Waals surface area contributed by atoms with Gasteiger partial charge in [-0.15, -0.1) is 0 Å². The van der Waals surface area contributed by atoms with E-state index in [0.717, 1.165) is 6.26 Å². The van der Waals surface area contributed by atoms with Crippen LogP contribution in [-0.4, -0.2) is 55.8 Å². The van der Waals surface area contributed by atoms with E-state index >= 15 is 0 Å². The highest BCUT2D eigenvalue weighted by atomic mass is 32.2. The normalized spacial score (nSPS) is 17.3. The lowest BCUT2D eigenvalue weighted by Crippen LogP contribution is -2.50. The van der Waals surface area contributed by atoms with Gasteiger partial charge in [0.05, 0.1) is 6.26 Å². The number of carbonyl (C=O) groups is 2. The number of likely N-dealkylation sites (tertiary alicyclic amines) is 1. The van der Waals surface area contributed by atoms with Crippen LogP contribution in [0.4, 0.5) is 4.79 Å². The molecule has 0 aliphatic carbocycles. The van der Waals surface area contributed by atoms with Crippen molar-refractivity contribution in [3.8, 4) is 0 Å². The Kier molecular flexibility index (Phi) is 5.79. The van der Waals surface area contributed by atoms with Crippen molar-refractivity contribution in [1.29, 1.82) is 0 Å². The van der Waals surface area contributed by atoms with Crippen molar-refractivity contribution in [2.45, 2.75) is 24.9 Å². The number of hydrogen-bond acceptors (Lipinski definition) is 4. The Labute approximate surface area is 140 Å². The van der Waals surface area contributed by atoms with Gasteiger partial charge in [0.25, 0.3) is 0 Å². The highest BCUT2D eigenvalue weighted by Gasteiger charge is 2.28. The molecule has 0 bridgehead atoms. The molecular weight excluding hydrogens is 334 g/mol. The van der Waals surface area contributed by atoms with Gasteiger partial charge >= 0.3 is 12.0 Å². The van der Waals surface area contributed by atoms with Gasteiger partial charge in [0.2, 0.25) is 10.0 Å². The number of hydrogen-bond donors (Lipinski definition) is 3. The Balaban J connectivity index is 1.94. The van der Waals surface area contributed by atoms with Crippen LogP contribution in [-0.2, 0) is 14.8 Å². The topological polar surface area (TPSA) is 116 Å². The van der Waals surface area contributed by atoms with Crippen LogP contribution < -0.4 is 10.0 Å². The molecular formula is C15H21N3O5S. The maximum Gasteiger partial charge on any atom is 0.330 e. The summed E-state index contributed by atoms with van der Waals surface area (Å²) in [6.45, 7) is 0.723. The molecule has 9 heteroatoms. The van der Waals surface area contributed by atoms with Crippen LogP contribution in [0, 0.1) is 0 Å². The third kappa shape index (κ3) is 5.20. The molecule has 24 heavy (non-hydrogen) atoms. The van der Waals surface area contributed by atoms with E-state index in [-0.39, 0.29) is 6.04 Å². The van der Waals surface area contributed by atoms with Crippen LogP contribution in [0.5, 0.6) is 0 Å². The molecule has 2 rings (SSSR count). The summed E-state index contributed by atoms with van der Waals surface area (Å²) in [5.74, 6) is -1.14. The summed E-state index contributed by atoms with van der Waals surface area (Å²) in [6.07, 6.45) is 2.08. The fourth-order valence-corrected chi connectivity index (χ4v) is 3.49. The minimum atomic E-state index is -3.27. The fourth-order valence-electron chi connectivity index (χ4n) is 2.65. The van der Waals surface area contributed by atoms with E-state index in [1.807, 2.05) is 0 Å². The molecule has 132 valence electrons. The van der Waals surface area contributed by atoms with Crippen molar-refractivity contribution in [3.05, 3.63) is 35.9 Å². The standard InChI is InChI=1S/C15H21N3O5S/c1-24(22,23)17-12-7-9-18(10-8-12)15(21)16-13(14(19)20)11-5-3-2-4-6-11/h2-6,12-13,17H,7-10H2,1H3,(H,16,21)(H,19,20)/t13-/m1/s1. The van der Waals surface area contributed by atoms with Crippen LogP contribution in [0.1, 0.15) is 24.4 Å². The Morgan fingerprint density at radius 2 is 1.79 bits per heavy atom. The van der Waals surface area contributed by atoms with Crippen molar-refractivity contribution >= 4 is 22.0 Å². The number of sulfonamides is 1. The molecule has 1 aliphatic heterocycles. The smallest absolute Gasteiger partial charge is 0.330 e. The summed E-state index contributed by atoms with van der Waals surface area (Å²) >= 11 is 0. The van der Waals surface area contributed by atoms with Gasteiger partial charge in [-0.25, -0.2) is 22.7 Å². The number of carboxylic acid groups (broad SMARTS) is 1. The second-order valence-corrected chi connectivity index (χ2v) is 7.56. The summed E-state index contributed by atoms with van der Waals surface area (Å²) in [5.41, 5.74) is 0.493. The molecule has 1 saturated heterocycles. The predicted molar refractivity (Wildman–Crippen MR) is 87.9 cm³/mol. The molecule has 1 aliphatic rings. The zero-order chi connectivity index (χ0) is 17.7. The van der Waals surface area contributed by atoms with Crippen LogP contribution in [0.15, 0.2) is 30.3 Å². The second-order valence-electron chi connectivity index (χ2n) is 5.78. The molecule has 0 unspecified atom stereocenters. The van der Waals surface area contributed by atoms with Crippen LogP contribution in [0.3, 0.4) is 0 Å². The van der Waals surface area contributed by atoms with E-state index in [1.165, 1.54) is 4.90 Å². The van der Waals surface area contributed by atoms with Crippen LogP contribution in [0.2, 0.25) is 0 Å². The van der Waals surface area contributed by atoms with E-state index < -0.39 is 28.1 Å². The number of rotatable bonds is 5. The van der Waals surface area contributed by atoms with E-state index in [0.29, 0.717) is 31.5 Å². The largest absolute Gasteiger partial charge is 0.479 e. The highest BCUT2D eigenvalue weighted by molar-refractivity contribution is 7.88. The summed E-state index contributed by atoms with van der Waals surface area (Å²) in [4.78, 5) is 25.2. The quantitative estimate of drug-likeness (QED) is 0.713. The number of amides is 2. The average molecular weight is 355 g/mol. The van der Waals surface area contributed by atoms with E-state index in [9.17, 15) is 23.1 Å². The SMILES string of the molecule is CS(=O)(=O)NC1CCN(C(=O)N[C@@H](C(=O)O)c2ccccc2)CC1. The minimum absolute atomic E-state index is 0.201. The first-order chi connectivity index (χ1) is 11.3. The van der Waals surface area contributed by atoms with Gasteiger partial charge in [-0.1, -0.05) is 30.3 Å².